The molecule has 1 aliphatic rings. The van der Waals surface area contributed by atoms with E-state index < -0.39 is 23.8 Å². The lowest BCUT2D eigenvalue weighted by Crippen LogP contribution is -2.47. The predicted octanol–water partition coefficient (Wildman–Crippen LogP) is 3.57. The number of carbonyl (C=O) groups is 3. The van der Waals surface area contributed by atoms with Crippen molar-refractivity contribution in [3.8, 4) is 6.07 Å². The maximum absolute atomic E-state index is 12.9. The number of carbonyl (C=O) groups excluding carboxylic acids is 3. The lowest BCUT2D eigenvalue weighted by molar-refractivity contribution is -0.120. The van der Waals surface area contributed by atoms with Crippen LogP contribution in [-0.2, 0) is 4.79 Å². The molecule has 0 spiro atoms. The number of fused-ring (bicyclic) bond motifs is 1. The summed E-state index contributed by atoms with van der Waals surface area (Å²) in [4.78, 5) is 39.5. The molecule has 2 aromatic rings. The van der Waals surface area contributed by atoms with E-state index >= 15 is 0 Å². The van der Waals surface area contributed by atoms with Gasteiger partial charge in [-0.3, -0.25) is 19.3 Å². The van der Waals surface area contributed by atoms with Crippen LogP contribution in [0.2, 0.25) is 5.02 Å². The Bertz CT molecular complexity index is 967. The summed E-state index contributed by atoms with van der Waals surface area (Å²) in [5.74, 6) is -0.830. The Morgan fingerprint density at radius 2 is 1.86 bits per heavy atom. The van der Waals surface area contributed by atoms with E-state index in [1.807, 2.05) is 12.3 Å². The van der Waals surface area contributed by atoms with Crippen molar-refractivity contribution < 1.29 is 14.4 Å². The Morgan fingerprint density at radius 3 is 2.39 bits per heavy atom. The van der Waals surface area contributed by atoms with Crippen LogP contribution in [0.25, 0.3) is 0 Å². The average Bonchev–Trinajstić information content (AvgIpc) is 2.94. The summed E-state index contributed by atoms with van der Waals surface area (Å²) in [5.41, 5.74) is 1.28. The fraction of sp³-hybridized carbons (Fsp3) is 0.200. The fourth-order valence-corrected chi connectivity index (χ4v) is 3.69. The normalized spacial score (nSPS) is 13.8. The van der Waals surface area contributed by atoms with Crippen LogP contribution in [0.4, 0.5) is 5.69 Å². The van der Waals surface area contributed by atoms with E-state index in [0.29, 0.717) is 34.6 Å². The van der Waals surface area contributed by atoms with Crippen molar-refractivity contribution in [2.45, 2.75) is 12.5 Å². The average molecular weight is 414 g/mol. The van der Waals surface area contributed by atoms with Gasteiger partial charge in [0.05, 0.1) is 21.7 Å². The van der Waals surface area contributed by atoms with Gasteiger partial charge in [-0.15, -0.1) is 0 Å². The third-order valence-electron chi connectivity index (χ3n) is 4.39. The highest BCUT2D eigenvalue weighted by molar-refractivity contribution is 7.98. The molecule has 0 aromatic heterocycles. The number of thioether (sulfide) groups is 1. The van der Waals surface area contributed by atoms with Gasteiger partial charge in [0.2, 0.25) is 5.91 Å². The van der Waals surface area contributed by atoms with Gasteiger partial charge in [-0.25, -0.2) is 0 Å². The first-order chi connectivity index (χ1) is 13.5. The first-order valence-electron chi connectivity index (χ1n) is 8.44. The van der Waals surface area contributed by atoms with E-state index in [2.05, 4.69) is 5.32 Å². The molecule has 1 atom stereocenters. The van der Waals surface area contributed by atoms with Gasteiger partial charge in [0.15, 0.2) is 0 Å². The number of hydrogen-bond donors (Lipinski definition) is 1. The van der Waals surface area contributed by atoms with Gasteiger partial charge in [0.25, 0.3) is 11.8 Å². The second-order valence-corrected chi connectivity index (χ2v) is 7.51. The second-order valence-electron chi connectivity index (χ2n) is 6.12. The summed E-state index contributed by atoms with van der Waals surface area (Å²) in [5, 5.41) is 11.9. The molecule has 2 aromatic carbocycles. The lowest BCUT2D eigenvalue weighted by Gasteiger charge is -2.25. The molecule has 0 fully saturated rings. The third kappa shape index (κ3) is 3.75. The van der Waals surface area contributed by atoms with Gasteiger partial charge in [0.1, 0.15) is 12.1 Å². The summed E-state index contributed by atoms with van der Waals surface area (Å²) in [6.45, 7) is 0. The van der Waals surface area contributed by atoms with Crippen molar-refractivity contribution in [2.24, 2.45) is 0 Å². The Balaban J connectivity index is 1.87. The third-order valence-corrected chi connectivity index (χ3v) is 5.35. The van der Waals surface area contributed by atoms with Crippen LogP contribution in [0.1, 0.15) is 32.7 Å². The fourth-order valence-electron chi connectivity index (χ4n) is 3.01. The molecule has 3 rings (SSSR count). The number of benzene rings is 2. The Hall–Kier alpha value is -2.82. The van der Waals surface area contributed by atoms with Gasteiger partial charge in [-0.2, -0.15) is 17.0 Å². The van der Waals surface area contributed by atoms with Gasteiger partial charge in [-0.1, -0.05) is 23.7 Å². The number of rotatable bonds is 6. The van der Waals surface area contributed by atoms with E-state index in [4.69, 9.17) is 16.9 Å². The minimum absolute atomic E-state index is 0.210. The number of amides is 3. The quantitative estimate of drug-likeness (QED) is 0.731. The van der Waals surface area contributed by atoms with Gasteiger partial charge < -0.3 is 5.32 Å². The Morgan fingerprint density at radius 1 is 1.21 bits per heavy atom. The molecule has 1 aliphatic heterocycles. The maximum atomic E-state index is 12.9. The van der Waals surface area contributed by atoms with E-state index in [0.717, 1.165) is 4.90 Å². The molecule has 1 unspecified atom stereocenters. The van der Waals surface area contributed by atoms with Crippen LogP contribution in [0.15, 0.2) is 42.5 Å². The monoisotopic (exact) mass is 413 g/mol. The van der Waals surface area contributed by atoms with Crippen LogP contribution < -0.4 is 5.32 Å². The molecule has 1 N–H and O–H groups in total. The molecule has 142 valence electrons. The molecule has 0 saturated heterocycles. The number of nitriles is 1. The van der Waals surface area contributed by atoms with E-state index in [1.165, 1.54) is 23.9 Å². The number of nitrogens with zero attached hydrogens (tertiary/aromatic N) is 2. The SMILES string of the molecule is CSCCC(C(=O)Nc1ccc(C#N)c(Cl)c1)N1C(=O)c2ccccc2C1=O. The molecule has 8 heteroatoms. The number of nitrogens with one attached hydrogen (secondary N) is 1. The molecular weight excluding hydrogens is 398 g/mol. The van der Waals surface area contributed by atoms with Gasteiger partial charge >= 0.3 is 0 Å². The first-order valence-corrected chi connectivity index (χ1v) is 10.2. The maximum Gasteiger partial charge on any atom is 0.262 e. The van der Waals surface area contributed by atoms with Crippen LogP contribution in [0.3, 0.4) is 0 Å². The summed E-state index contributed by atoms with van der Waals surface area (Å²) in [7, 11) is 0. The van der Waals surface area contributed by atoms with Crippen molar-refractivity contribution in [1.82, 2.24) is 4.90 Å². The Labute approximate surface area is 171 Å². The van der Waals surface area contributed by atoms with Crippen LogP contribution in [-0.4, -0.2) is 40.7 Å². The summed E-state index contributed by atoms with van der Waals surface area (Å²) < 4.78 is 0. The molecule has 6 nitrogen and oxygen atoms in total. The molecular formula is C20H16ClN3O3S. The minimum atomic E-state index is -0.950. The second kappa shape index (κ2) is 8.46. The highest BCUT2D eigenvalue weighted by Gasteiger charge is 2.42. The van der Waals surface area contributed by atoms with Crippen LogP contribution >= 0.6 is 23.4 Å². The zero-order chi connectivity index (χ0) is 20.3. The number of hydrogen-bond acceptors (Lipinski definition) is 5. The summed E-state index contributed by atoms with van der Waals surface area (Å²) in [6.07, 6.45) is 2.21. The summed E-state index contributed by atoms with van der Waals surface area (Å²) >= 11 is 7.53. The van der Waals surface area contributed by atoms with Crippen molar-refractivity contribution in [3.63, 3.8) is 0 Å². The van der Waals surface area contributed by atoms with E-state index in [9.17, 15) is 14.4 Å². The van der Waals surface area contributed by atoms with Crippen molar-refractivity contribution in [3.05, 3.63) is 64.2 Å². The number of halogens is 1. The molecule has 28 heavy (non-hydrogen) atoms. The molecule has 0 saturated carbocycles. The number of imide groups is 1. The topological polar surface area (TPSA) is 90.3 Å². The lowest BCUT2D eigenvalue weighted by atomic mass is 10.1. The predicted molar refractivity (Wildman–Crippen MR) is 109 cm³/mol. The number of anilines is 1. The molecule has 0 aliphatic carbocycles. The minimum Gasteiger partial charge on any atom is -0.324 e. The first kappa shape index (κ1) is 19.9. The highest BCUT2D eigenvalue weighted by atomic mass is 35.5. The zero-order valence-electron chi connectivity index (χ0n) is 14.9. The zero-order valence-corrected chi connectivity index (χ0v) is 16.5. The largest absolute Gasteiger partial charge is 0.324 e. The molecule has 3 amide bonds. The summed E-state index contributed by atoms with van der Waals surface area (Å²) in [6, 6.07) is 12.0. The van der Waals surface area contributed by atoms with Gasteiger partial charge in [-0.05, 0) is 48.8 Å². The van der Waals surface area contributed by atoms with Crippen molar-refractivity contribution in [2.75, 3.05) is 17.3 Å². The smallest absolute Gasteiger partial charge is 0.262 e. The molecule has 0 bridgehead atoms. The Kier molecular flexibility index (Phi) is 6.02. The molecule has 0 radical (unpaired) electrons. The highest BCUT2D eigenvalue weighted by Crippen LogP contribution is 2.27. The standard InChI is InChI=1S/C20H16ClN3O3S/c1-28-9-8-17(18(25)23-13-7-6-12(11-22)16(21)10-13)24-19(26)14-4-2-3-5-15(14)20(24)27/h2-7,10,17H,8-9H2,1H3,(H,23,25). The van der Waals surface area contributed by atoms with Crippen LogP contribution in [0.5, 0.6) is 0 Å². The van der Waals surface area contributed by atoms with Gasteiger partial charge in [0, 0.05) is 5.69 Å². The van der Waals surface area contributed by atoms with Crippen LogP contribution in [0, 0.1) is 11.3 Å². The van der Waals surface area contributed by atoms with E-state index in [1.54, 1.807) is 30.3 Å². The van der Waals surface area contributed by atoms with Crippen molar-refractivity contribution in [1.29, 1.82) is 5.26 Å². The van der Waals surface area contributed by atoms with Crippen molar-refractivity contribution >= 4 is 46.8 Å². The van der Waals surface area contributed by atoms with E-state index in [-0.39, 0.29) is 5.02 Å². The molecule has 1 heterocycles.